The second-order valence-electron chi connectivity index (χ2n) is 5.68. The van der Waals surface area contributed by atoms with Gasteiger partial charge in [0.25, 0.3) is 0 Å². The van der Waals surface area contributed by atoms with Gasteiger partial charge in [0.2, 0.25) is 0 Å². The van der Waals surface area contributed by atoms with Crippen LogP contribution in [-0.2, 0) is 13.6 Å². The molecule has 0 saturated carbocycles. The van der Waals surface area contributed by atoms with Crippen LogP contribution in [0.25, 0.3) is 10.6 Å². The number of H-pyrrole nitrogens is 1. The molecule has 3 aromatic rings. The highest BCUT2D eigenvalue weighted by molar-refractivity contribution is 7.13. The molecule has 1 saturated heterocycles. The Labute approximate surface area is 132 Å². The van der Waals surface area contributed by atoms with Crippen molar-refractivity contribution in [2.75, 3.05) is 6.54 Å². The van der Waals surface area contributed by atoms with Gasteiger partial charge in [0.15, 0.2) is 0 Å². The second kappa shape index (κ2) is 5.66. The Hall–Kier alpha value is -1.99. The van der Waals surface area contributed by atoms with E-state index in [4.69, 9.17) is 0 Å². The zero-order valence-corrected chi connectivity index (χ0v) is 13.3. The predicted octanol–water partition coefficient (Wildman–Crippen LogP) is 2.60. The highest BCUT2D eigenvalue weighted by Crippen LogP contribution is 2.34. The molecule has 0 radical (unpaired) electrons. The Bertz CT molecular complexity index is 744. The molecule has 1 unspecified atom stereocenters. The van der Waals surface area contributed by atoms with E-state index in [-0.39, 0.29) is 0 Å². The summed E-state index contributed by atoms with van der Waals surface area (Å²) >= 11 is 1.74. The van der Waals surface area contributed by atoms with Crippen LogP contribution in [0.1, 0.15) is 30.3 Å². The summed E-state index contributed by atoms with van der Waals surface area (Å²) in [7, 11) is 2.01. The van der Waals surface area contributed by atoms with Crippen LogP contribution < -0.4 is 0 Å². The number of rotatable bonds is 4. The number of nitrogens with one attached hydrogen (secondary N) is 1. The van der Waals surface area contributed by atoms with E-state index >= 15 is 0 Å². The minimum atomic E-state index is 0.346. The largest absolute Gasteiger partial charge is 0.319 e. The number of aromatic nitrogens is 5. The molecule has 7 heteroatoms. The van der Waals surface area contributed by atoms with Gasteiger partial charge < -0.3 is 4.57 Å². The van der Waals surface area contributed by atoms with Gasteiger partial charge in [-0.15, -0.1) is 21.5 Å². The summed E-state index contributed by atoms with van der Waals surface area (Å²) in [5.74, 6) is 1.05. The molecule has 114 valence electrons. The van der Waals surface area contributed by atoms with E-state index < -0.39 is 0 Å². The Morgan fingerprint density at radius 2 is 2.41 bits per heavy atom. The van der Waals surface area contributed by atoms with E-state index in [2.05, 4.69) is 42.8 Å². The summed E-state index contributed by atoms with van der Waals surface area (Å²) < 4.78 is 2.03. The molecule has 0 amide bonds. The lowest BCUT2D eigenvalue weighted by atomic mass is 10.1. The molecule has 4 heterocycles. The number of nitrogens with zero attached hydrogens (tertiary/aromatic N) is 5. The van der Waals surface area contributed by atoms with Crippen LogP contribution >= 0.6 is 11.3 Å². The predicted molar refractivity (Wildman–Crippen MR) is 85.3 cm³/mol. The van der Waals surface area contributed by atoms with Gasteiger partial charge in [0, 0.05) is 19.2 Å². The molecule has 3 aromatic heterocycles. The van der Waals surface area contributed by atoms with Crippen LogP contribution in [0.4, 0.5) is 0 Å². The highest BCUT2D eigenvalue weighted by atomic mass is 32.1. The first-order valence-corrected chi connectivity index (χ1v) is 8.35. The molecule has 6 nitrogen and oxygen atoms in total. The molecule has 1 aliphatic rings. The molecular weight excluding hydrogens is 296 g/mol. The minimum Gasteiger partial charge on any atom is -0.319 e. The Morgan fingerprint density at radius 3 is 3.18 bits per heavy atom. The fourth-order valence-electron chi connectivity index (χ4n) is 3.19. The first kappa shape index (κ1) is 13.7. The third-order valence-electron chi connectivity index (χ3n) is 4.27. The van der Waals surface area contributed by atoms with Crippen LogP contribution in [0.15, 0.2) is 30.0 Å². The number of hydrogen-bond donors (Lipinski definition) is 1. The van der Waals surface area contributed by atoms with E-state index in [0.29, 0.717) is 6.04 Å². The van der Waals surface area contributed by atoms with Crippen LogP contribution in [0.2, 0.25) is 0 Å². The van der Waals surface area contributed by atoms with Gasteiger partial charge in [-0.1, -0.05) is 6.07 Å². The van der Waals surface area contributed by atoms with Gasteiger partial charge in [-0.3, -0.25) is 10.00 Å². The standard InChI is InChI=1S/C15H18N6S/c1-20-10-17-19-15(20)12-4-2-6-21(12)9-11-8-16-18-14(11)13-5-3-7-22-13/h3,5,7-8,10,12H,2,4,6,9H2,1H3,(H,16,18). The van der Waals surface area contributed by atoms with Gasteiger partial charge in [-0.05, 0) is 30.8 Å². The first-order valence-electron chi connectivity index (χ1n) is 7.47. The number of aromatic amines is 1. The maximum absolute atomic E-state index is 4.30. The van der Waals surface area contributed by atoms with Crippen molar-refractivity contribution in [1.82, 2.24) is 29.9 Å². The minimum absolute atomic E-state index is 0.346. The first-order chi connectivity index (χ1) is 10.8. The quantitative estimate of drug-likeness (QED) is 0.804. The Morgan fingerprint density at radius 1 is 1.45 bits per heavy atom. The van der Waals surface area contributed by atoms with Crippen molar-refractivity contribution < 1.29 is 0 Å². The van der Waals surface area contributed by atoms with Crippen molar-refractivity contribution in [3.05, 3.63) is 41.4 Å². The van der Waals surface area contributed by atoms with Gasteiger partial charge in [-0.25, -0.2) is 0 Å². The van der Waals surface area contributed by atoms with Crippen LogP contribution in [0, 0.1) is 0 Å². The van der Waals surface area contributed by atoms with Crippen molar-refractivity contribution in [2.45, 2.75) is 25.4 Å². The number of hydrogen-bond acceptors (Lipinski definition) is 5. The van der Waals surface area contributed by atoms with Crippen molar-refractivity contribution >= 4 is 11.3 Å². The molecule has 0 spiro atoms. The van der Waals surface area contributed by atoms with Crippen molar-refractivity contribution in [3.8, 4) is 10.6 Å². The average molecular weight is 314 g/mol. The highest BCUT2D eigenvalue weighted by Gasteiger charge is 2.30. The lowest BCUT2D eigenvalue weighted by molar-refractivity contribution is 0.236. The lowest BCUT2D eigenvalue weighted by Crippen LogP contribution is -2.24. The van der Waals surface area contributed by atoms with Gasteiger partial charge in [0.1, 0.15) is 12.2 Å². The lowest BCUT2D eigenvalue weighted by Gasteiger charge is -2.23. The molecule has 4 rings (SSSR count). The maximum Gasteiger partial charge on any atom is 0.149 e. The summed E-state index contributed by atoms with van der Waals surface area (Å²) in [6.07, 6.45) is 6.06. The molecule has 0 aliphatic carbocycles. The van der Waals surface area contributed by atoms with Crippen LogP contribution in [0.5, 0.6) is 0 Å². The molecule has 22 heavy (non-hydrogen) atoms. The third kappa shape index (κ3) is 2.36. The zero-order chi connectivity index (χ0) is 14.9. The van der Waals surface area contributed by atoms with E-state index in [0.717, 1.165) is 31.0 Å². The second-order valence-corrected chi connectivity index (χ2v) is 6.62. The summed E-state index contributed by atoms with van der Waals surface area (Å²) in [5.41, 5.74) is 2.38. The normalized spacial score (nSPS) is 19.0. The third-order valence-corrected chi connectivity index (χ3v) is 5.15. The fourth-order valence-corrected chi connectivity index (χ4v) is 3.94. The van der Waals surface area contributed by atoms with Crippen molar-refractivity contribution in [1.29, 1.82) is 0 Å². The monoisotopic (exact) mass is 314 g/mol. The molecule has 0 bridgehead atoms. The number of likely N-dealkylation sites (tertiary alicyclic amines) is 1. The van der Waals surface area contributed by atoms with E-state index in [1.165, 1.54) is 16.9 Å². The summed E-state index contributed by atoms with van der Waals surface area (Å²) in [4.78, 5) is 3.72. The summed E-state index contributed by atoms with van der Waals surface area (Å²) in [5, 5.41) is 17.8. The van der Waals surface area contributed by atoms with Crippen molar-refractivity contribution in [3.63, 3.8) is 0 Å². The smallest absolute Gasteiger partial charge is 0.149 e. The molecular formula is C15H18N6S. The topological polar surface area (TPSA) is 62.6 Å². The van der Waals surface area contributed by atoms with Crippen LogP contribution in [0.3, 0.4) is 0 Å². The van der Waals surface area contributed by atoms with Crippen LogP contribution in [-0.4, -0.2) is 36.4 Å². The van der Waals surface area contributed by atoms with E-state index in [9.17, 15) is 0 Å². The van der Waals surface area contributed by atoms with E-state index in [1.54, 1.807) is 17.7 Å². The summed E-state index contributed by atoms with van der Waals surface area (Å²) in [6.45, 7) is 1.98. The zero-order valence-electron chi connectivity index (χ0n) is 12.4. The van der Waals surface area contributed by atoms with Gasteiger partial charge in [-0.2, -0.15) is 5.10 Å². The summed E-state index contributed by atoms with van der Waals surface area (Å²) in [6, 6.07) is 4.55. The number of thiophene rings is 1. The Balaban J connectivity index is 1.59. The molecule has 1 aliphatic heterocycles. The van der Waals surface area contributed by atoms with E-state index in [1.807, 2.05) is 17.8 Å². The SMILES string of the molecule is Cn1cnnc1C1CCCN1Cc1cn[nH]c1-c1cccs1. The average Bonchev–Trinajstić information content (AvgIpc) is 3.24. The maximum atomic E-state index is 4.30. The molecule has 1 fully saturated rings. The van der Waals surface area contributed by atoms with Gasteiger partial charge >= 0.3 is 0 Å². The fraction of sp³-hybridized carbons (Fsp3) is 0.400. The van der Waals surface area contributed by atoms with Gasteiger partial charge in [0.05, 0.1) is 22.8 Å². The van der Waals surface area contributed by atoms with Crippen molar-refractivity contribution in [2.24, 2.45) is 7.05 Å². The molecule has 1 atom stereocenters. The number of aryl methyl sites for hydroxylation is 1. The molecule has 0 aromatic carbocycles. The Kier molecular flexibility index (Phi) is 3.51. The molecule has 1 N–H and O–H groups in total.